The summed E-state index contributed by atoms with van der Waals surface area (Å²) in [7, 11) is 1.36. The molecule has 0 bridgehead atoms. The van der Waals surface area contributed by atoms with Crippen LogP contribution in [0.4, 0.5) is 0 Å². The normalized spacial score (nSPS) is 11.1. The fourth-order valence-electron chi connectivity index (χ4n) is 0.880. The van der Waals surface area contributed by atoms with Gasteiger partial charge in [0, 0.05) is 4.88 Å². The smallest absolute Gasteiger partial charge is 0.267 e. The molecule has 1 heterocycles. The van der Waals surface area contributed by atoms with Crippen molar-refractivity contribution >= 4 is 29.7 Å². The van der Waals surface area contributed by atoms with Crippen molar-refractivity contribution in [3.05, 3.63) is 28.0 Å². The van der Waals surface area contributed by atoms with Crippen LogP contribution in [0.3, 0.4) is 0 Å². The lowest BCUT2D eigenvalue weighted by Crippen LogP contribution is -2.22. The Hall–Kier alpha value is -2.13. The van der Waals surface area contributed by atoms with E-state index in [4.69, 9.17) is 5.26 Å². The van der Waals surface area contributed by atoms with Gasteiger partial charge in [0.15, 0.2) is 0 Å². The molecule has 0 saturated heterocycles. The molecule has 0 aliphatic rings. The van der Waals surface area contributed by atoms with E-state index in [1.807, 2.05) is 23.6 Å². The molecule has 1 N–H and O–H groups in total. The van der Waals surface area contributed by atoms with Crippen molar-refractivity contribution in [2.45, 2.75) is 0 Å². The number of hydrogen-bond acceptors (Lipinski definition) is 5. The van der Waals surface area contributed by atoms with E-state index in [0.717, 1.165) is 11.2 Å². The third kappa shape index (κ3) is 3.55. The van der Waals surface area contributed by atoms with E-state index in [1.165, 1.54) is 24.5 Å². The summed E-state index contributed by atoms with van der Waals surface area (Å²) >= 11 is 1.45. The van der Waals surface area contributed by atoms with Crippen LogP contribution in [0.2, 0.25) is 0 Å². The van der Waals surface area contributed by atoms with Gasteiger partial charge in [0.05, 0.1) is 0 Å². The van der Waals surface area contributed by atoms with Crippen molar-refractivity contribution in [1.29, 1.82) is 5.26 Å². The number of hydrogen-bond donors (Lipinski definition) is 1. The lowest BCUT2D eigenvalue weighted by atomic mass is 10.2. The average Bonchev–Trinajstić information content (AvgIpc) is 2.78. The minimum absolute atomic E-state index is 0.0185. The standard InChI is InChI=1S/C10H9N3O2S/c1-15-13-7-12-10(14)8(6-11)5-9-3-2-4-16-9/h2-5,7H,1H3,(H,12,13,14)/b8-5+. The quantitative estimate of drug-likeness (QED) is 0.281. The fourth-order valence-corrected chi connectivity index (χ4v) is 1.54. The zero-order valence-corrected chi connectivity index (χ0v) is 9.32. The second-order valence-electron chi connectivity index (χ2n) is 2.58. The molecule has 0 atom stereocenters. The number of rotatable bonds is 4. The highest BCUT2D eigenvalue weighted by atomic mass is 32.1. The molecule has 0 saturated carbocycles. The van der Waals surface area contributed by atoms with Gasteiger partial charge in [-0.2, -0.15) is 5.26 Å². The molecule has 1 rings (SSSR count). The first kappa shape index (κ1) is 11.9. The van der Waals surface area contributed by atoms with Crippen LogP contribution in [0.5, 0.6) is 0 Å². The summed E-state index contributed by atoms with van der Waals surface area (Å²) < 4.78 is 0. The van der Waals surface area contributed by atoms with Crippen molar-refractivity contribution in [3.63, 3.8) is 0 Å². The Morgan fingerprint density at radius 2 is 2.56 bits per heavy atom. The first-order valence-corrected chi connectivity index (χ1v) is 5.17. The summed E-state index contributed by atoms with van der Waals surface area (Å²) in [6.45, 7) is 0. The Morgan fingerprint density at radius 1 is 1.75 bits per heavy atom. The van der Waals surface area contributed by atoms with Gasteiger partial charge in [-0.15, -0.1) is 11.3 Å². The molecule has 1 aromatic rings. The second-order valence-corrected chi connectivity index (χ2v) is 3.56. The molecule has 0 unspecified atom stereocenters. The zero-order chi connectivity index (χ0) is 11.8. The van der Waals surface area contributed by atoms with Gasteiger partial charge in [-0.05, 0) is 17.5 Å². The molecule has 82 valence electrons. The molecular weight excluding hydrogens is 226 g/mol. The number of thiophene rings is 1. The van der Waals surface area contributed by atoms with Gasteiger partial charge in [-0.3, -0.25) is 4.79 Å². The number of amides is 1. The van der Waals surface area contributed by atoms with E-state index in [0.29, 0.717) is 0 Å². The summed E-state index contributed by atoms with van der Waals surface area (Å²) in [5, 5.41) is 16.3. The highest BCUT2D eigenvalue weighted by Crippen LogP contribution is 2.12. The van der Waals surface area contributed by atoms with Crippen molar-refractivity contribution in [2.24, 2.45) is 5.16 Å². The molecule has 1 amide bonds. The Labute approximate surface area is 96.6 Å². The highest BCUT2D eigenvalue weighted by Gasteiger charge is 2.07. The molecule has 5 nitrogen and oxygen atoms in total. The maximum Gasteiger partial charge on any atom is 0.267 e. The van der Waals surface area contributed by atoms with Gasteiger partial charge in [0.1, 0.15) is 25.1 Å². The number of nitriles is 1. The maximum absolute atomic E-state index is 11.4. The Balaban J connectivity index is 2.72. The molecule has 16 heavy (non-hydrogen) atoms. The highest BCUT2D eigenvalue weighted by molar-refractivity contribution is 7.10. The molecule has 0 aliphatic carbocycles. The fraction of sp³-hybridized carbons (Fsp3) is 0.100. The van der Waals surface area contributed by atoms with Crippen molar-refractivity contribution in [3.8, 4) is 6.07 Å². The topological polar surface area (TPSA) is 74.5 Å². The Bertz CT molecular complexity index is 443. The van der Waals surface area contributed by atoms with E-state index in [1.54, 1.807) is 0 Å². The lowest BCUT2D eigenvalue weighted by Gasteiger charge is -1.95. The third-order valence-electron chi connectivity index (χ3n) is 1.55. The summed E-state index contributed by atoms with van der Waals surface area (Å²) in [6, 6.07) is 5.48. The van der Waals surface area contributed by atoms with Gasteiger partial charge in [-0.25, -0.2) is 0 Å². The van der Waals surface area contributed by atoms with E-state index in [-0.39, 0.29) is 5.57 Å². The molecular formula is C10H9N3O2S. The zero-order valence-electron chi connectivity index (χ0n) is 8.51. The van der Waals surface area contributed by atoms with Crippen LogP contribution in [0.25, 0.3) is 6.08 Å². The summed E-state index contributed by atoms with van der Waals surface area (Å²) in [5.41, 5.74) is 0.0185. The predicted molar refractivity (Wildman–Crippen MR) is 61.6 cm³/mol. The monoisotopic (exact) mass is 235 g/mol. The number of carbonyl (C=O) groups excluding carboxylic acids is 1. The van der Waals surface area contributed by atoms with Crippen LogP contribution in [0.15, 0.2) is 28.2 Å². The molecule has 0 radical (unpaired) electrons. The summed E-state index contributed by atoms with van der Waals surface area (Å²) in [6.07, 6.45) is 2.60. The minimum Gasteiger partial charge on any atom is -0.398 e. The van der Waals surface area contributed by atoms with Crippen LogP contribution in [-0.4, -0.2) is 19.4 Å². The molecule has 0 aliphatic heterocycles. The van der Waals surface area contributed by atoms with Crippen molar-refractivity contribution in [2.75, 3.05) is 7.11 Å². The van der Waals surface area contributed by atoms with Gasteiger partial charge in [-0.1, -0.05) is 11.2 Å². The first-order valence-electron chi connectivity index (χ1n) is 4.29. The van der Waals surface area contributed by atoms with Gasteiger partial charge in [0.25, 0.3) is 5.91 Å². The molecule has 0 aromatic carbocycles. The predicted octanol–water partition coefficient (Wildman–Crippen LogP) is 1.36. The summed E-state index contributed by atoms with van der Waals surface area (Å²) in [4.78, 5) is 16.6. The van der Waals surface area contributed by atoms with E-state index in [9.17, 15) is 4.79 Å². The summed E-state index contributed by atoms with van der Waals surface area (Å²) in [5.74, 6) is -0.517. The second kappa shape index (κ2) is 6.37. The molecule has 0 fully saturated rings. The lowest BCUT2D eigenvalue weighted by molar-refractivity contribution is -0.115. The maximum atomic E-state index is 11.4. The van der Waals surface area contributed by atoms with Crippen LogP contribution in [0, 0.1) is 11.3 Å². The Kier molecular flexibility index (Phi) is 4.76. The van der Waals surface area contributed by atoms with Gasteiger partial charge >= 0.3 is 0 Å². The van der Waals surface area contributed by atoms with Gasteiger partial charge in [0.2, 0.25) is 0 Å². The Morgan fingerprint density at radius 3 is 3.12 bits per heavy atom. The first-order chi connectivity index (χ1) is 7.77. The van der Waals surface area contributed by atoms with E-state index < -0.39 is 5.91 Å². The SMILES string of the molecule is CO/N=C/NC(=O)/C(C#N)=C/c1cccs1. The number of carbonyl (C=O) groups is 1. The van der Waals surface area contributed by atoms with Crippen LogP contribution >= 0.6 is 11.3 Å². The third-order valence-corrected chi connectivity index (χ3v) is 2.37. The van der Waals surface area contributed by atoms with Crippen molar-refractivity contribution in [1.82, 2.24) is 5.32 Å². The molecule has 0 spiro atoms. The molecule has 1 aromatic heterocycles. The molecule has 6 heteroatoms. The van der Waals surface area contributed by atoms with E-state index >= 15 is 0 Å². The van der Waals surface area contributed by atoms with Gasteiger partial charge < -0.3 is 10.2 Å². The van der Waals surface area contributed by atoms with Crippen LogP contribution in [0.1, 0.15) is 4.88 Å². The van der Waals surface area contributed by atoms with E-state index in [2.05, 4.69) is 15.3 Å². The van der Waals surface area contributed by atoms with Crippen LogP contribution in [-0.2, 0) is 9.63 Å². The largest absolute Gasteiger partial charge is 0.398 e. The number of nitrogens with one attached hydrogen (secondary N) is 1. The van der Waals surface area contributed by atoms with Crippen molar-refractivity contribution < 1.29 is 9.63 Å². The number of nitrogens with zero attached hydrogens (tertiary/aromatic N) is 2. The minimum atomic E-state index is -0.517. The van der Waals surface area contributed by atoms with Crippen LogP contribution < -0.4 is 5.32 Å². The average molecular weight is 235 g/mol. The number of oxime groups is 1.